The van der Waals surface area contributed by atoms with E-state index in [0.29, 0.717) is 11.4 Å². The number of carbonyl (C=O) groups is 1. The molecule has 8 nitrogen and oxygen atoms in total. The molecule has 0 saturated heterocycles. The van der Waals surface area contributed by atoms with Crippen molar-refractivity contribution in [1.29, 1.82) is 0 Å². The largest absolute Gasteiger partial charge is 0.393 e. The predicted molar refractivity (Wildman–Crippen MR) is 131 cm³/mol. The van der Waals surface area contributed by atoms with E-state index in [-0.39, 0.29) is 11.7 Å². The summed E-state index contributed by atoms with van der Waals surface area (Å²) in [6.45, 7) is 10.1. The maximum atomic E-state index is 12.8. The molecular weight excluding hydrogens is 402 g/mol. The summed E-state index contributed by atoms with van der Waals surface area (Å²) in [5.41, 5.74) is 12.2. The molecule has 0 aromatic rings. The second kappa shape index (κ2) is 11.2. The minimum atomic E-state index is -0.419. The molecule has 0 aromatic heterocycles. The zero-order chi connectivity index (χ0) is 23.8. The third-order valence-corrected chi connectivity index (χ3v) is 5.50. The predicted octanol–water partition coefficient (Wildman–Crippen LogP) is 2.56. The van der Waals surface area contributed by atoms with Crippen molar-refractivity contribution >= 4 is 12.1 Å². The highest BCUT2D eigenvalue weighted by Gasteiger charge is 2.20. The smallest absolute Gasteiger partial charge is 0.273 e. The van der Waals surface area contributed by atoms with Gasteiger partial charge >= 0.3 is 0 Å². The number of carbonyl (C=O) groups excluding carboxylic acids is 1. The van der Waals surface area contributed by atoms with Crippen molar-refractivity contribution in [3.8, 4) is 0 Å². The van der Waals surface area contributed by atoms with Gasteiger partial charge in [-0.3, -0.25) is 14.8 Å². The summed E-state index contributed by atoms with van der Waals surface area (Å²) >= 11 is 0. The van der Waals surface area contributed by atoms with E-state index in [9.17, 15) is 4.79 Å². The van der Waals surface area contributed by atoms with Crippen LogP contribution in [0.15, 0.2) is 86.9 Å². The van der Waals surface area contributed by atoms with E-state index in [0.717, 1.165) is 29.0 Å². The third kappa shape index (κ3) is 6.01. The fourth-order valence-electron chi connectivity index (χ4n) is 3.01. The number of amides is 1. The van der Waals surface area contributed by atoms with Gasteiger partial charge in [-0.15, -0.1) is 0 Å². The molecule has 2 heterocycles. The lowest BCUT2D eigenvalue weighted by atomic mass is 10.0. The molecule has 1 unspecified atom stereocenters. The molecule has 1 amide bonds. The van der Waals surface area contributed by atoms with Crippen LogP contribution in [0.2, 0.25) is 0 Å². The van der Waals surface area contributed by atoms with Gasteiger partial charge in [-0.2, -0.15) is 0 Å². The van der Waals surface area contributed by atoms with Gasteiger partial charge < -0.3 is 21.7 Å². The van der Waals surface area contributed by atoms with Crippen molar-refractivity contribution in [2.24, 2.45) is 16.6 Å². The summed E-state index contributed by atoms with van der Waals surface area (Å²) in [7, 11) is 1.81. The average Bonchev–Trinajstić information content (AvgIpc) is 2.79. The van der Waals surface area contributed by atoms with Gasteiger partial charge in [0.05, 0.1) is 17.4 Å². The van der Waals surface area contributed by atoms with Crippen LogP contribution < -0.4 is 27.5 Å². The Bertz CT molecular complexity index is 990. The first kappa shape index (κ1) is 24.7. The summed E-state index contributed by atoms with van der Waals surface area (Å²) in [4.78, 5) is 17.3. The van der Waals surface area contributed by atoms with Gasteiger partial charge in [0.2, 0.25) is 0 Å². The highest BCUT2D eigenvalue weighted by Crippen LogP contribution is 2.21. The number of nitrogens with one attached hydrogen (secondary N) is 3. The number of hydrazine groups is 1. The van der Waals surface area contributed by atoms with Gasteiger partial charge in [0.15, 0.2) is 0 Å². The van der Waals surface area contributed by atoms with Crippen LogP contribution in [0, 0.1) is 0 Å². The van der Waals surface area contributed by atoms with E-state index in [1.165, 1.54) is 10.6 Å². The second-order valence-electron chi connectivity index (χ2n) is 7.64. The summed E-state index contributed by atoms with van der Waals surface area (Å²) in [6, 6.07) is -0.0541. The number of aliphatic imine (C=N–C) groups is 1. The van der Waals surface area contributed by atoms with Gasteiger partial charge in [-0.1, -0.05) is 24.6 Å². The van der Waals surface area contributed by atoms with Crippen LogP contribution in [0.4, 0.5) is 0 Å². The van der Waals surface area contributed by atoms with E-state index in [1.54, 1.807) is 12.3 Å². The number of hydrogen-bond donors (Lipinski definition) is 5. The molecular formula is C24H35N7O. The topological polar surface area (TPSA) is 121 Å². The molecule has 8 heteroatoms. The second-order valence-corrected chi connectivity index (χ2v) is 7.64. The van der Waals surface area contributed by atoms with E-state index < -0.39 is 5.91 Å². The SMILES string of the molecule is C\C=C(/C=N\C(C)=C(\C)CC)C1=CN(N)/C(=C(\N)C(=O)NC2=CC(NC)=CNC2C)C=C1. The molecule has 0 bridgehead atoms. The molecule has 2 aliphatic rings. The van der Waals surface area contributed by atoms with Gasteiger partial charge in [-0.05, 0) is 51.8 Å². The zero-order valence-electron chi connectivity index (χ0n) is 19.8. The quantitative estimate of drug-likeness (QED) is 0.237. The molecule has 2 aliphatic heterocycles. The Hall–Kier alpha value is -3.52. The van der Waals surface area contributed by atoms with Crippen LogP contribution in [-0.4, -0.2) is 30.2 Å². The number of rotatable bonds is 7. The van der Waals surface area contributed by atoms with Gasteiger partial charge in [0.1, 0.15) is 5.70 Å². The Labute approximate surface area is 190 Å². The Kier molecular flexibility index (Phi) is 8.66. The van der Waals surface area contributed by atoms with Crippen LogP contribution in [0.3, 0.4) is 0 Å². The molecule has 1 atom stereocenters. The number of dihydropyridines is 1. The zero-order valence-corrected chi connectivity index (χ0v) is 19.8. The van der Waals surface area contributed by atoms with Crippen molar-refractivity contribution < 1.29 is 4.79 Å². The minimum Gasteiger partial charge on any atom is -0.393 e. The van der Waals surface area contributed by atoms with Crippen molar-refractivity contribution in [1.82, 2.24) is 21.0 Å². The van der Waals surface area contributed by atoms with E-state index in [4.69, 9.17) is 11.6 Å². The minimum absolute atomic E-state index is 0.0285. The number of allylic oxidation sites excluding steroid dienone is 8. The van der Waals surface area contributed by atoms with Crippen molar-refractivity contribution in [3.05, 3.63) is 81.9 Å². The molecule has 0 aromatic carbocycles. The lowest BCUT2D eigenvalue weighted by Gasteiger charge is -2.25. The molecule has 0 aliphatic carbocycles. The van der Waals surface area contributed by atoms with Gasteiger partial charge in [0, 0.05) is 42.6 Å². The van der Waals surface area contributed by atoms with Crippen LogP contribution in [0.5, 0.6) is 0 Å². The molecule has 7 N–H and O–H groups in total. The highest BCUT2D eigenvalue weighted by atomic mass is 16.2. The maximum Gasteiger partial charge on any atom is 0.273 e. The maximum absolute atomic E-state index is 12.8. The van der Waals surface area contributed by atoms with Crippen molar-refractivity contribution in [3.63, 3.8) is 0 Å². The number of likely N-dealkylation sites (N-methyl/N-ethyl adjacent to an activating group) is 1. The van der Waals surface area contributed by atoms with Crippen LogP contribution in [-0.2, 0) is 4.79 Å². The van der Waals surface area contributed by atoms with Gasteiger partial charge in [0.25, 0.3) is 5.91 Å². The van der Waals surface area contributed by atoms with E-state index in [2.05, 4.69) is 34.8 Å². The van der Waals surface area contributed by atoms with Crippen molar-refractivity contribution in [2.75, 3.05) is 7.05 Å². The van der Waals surface area contributed by atoms with Crippen molar-refractivity contribution in [2.45, 2.75) is 47.1 Å². The standard InChI is InChI=1S/C24H35N7O/c1-7-15(3)16(4)28-12-18(8-2)19-9-10-22(31(26)14-19)23(25)24(32)30-21-11-20(27-6)13-29-17(21)5/h8-14,17,27,29H,7,25-26H2,1-6H3,(H,30,32)/b16-15-,18-8+,23-22-,28-12-. The first-order valence-corrected chi connectivity index (χ1v) is 10.7. The third-order valence-electron chi connectivity index (χ3n) is 5.50. The molecule has 0 spiro atoms. The summed E-state index contributed by atoms with van der Waals surface area (Å²) in [5.74, 6) is 5.77. The fraction of sp³-hybridized carbons (Fsp3) is 0.333. The normalized spacial score (nSPS) is 21.3. The molecule has 172 valence electrons. The molecule has 32 heavy (non-hydrogen) atoms. The van der Waals surface area contributed by atoms with Crippen LogP contribution in [0.25, 0.3) is 0 Å². The van der Waals surface area contributed by atoms with Crippen LogP contribution >= 0.6 is 0 Å². The highest BCUT2D eigenvalue weighted by molar-refractivity contribution is 5.95. The molecule has 0 saturated carbocycles. The van der Waals surface area contributed by atoms with E-state index >= 15 is 0 Å². The van der Waals surface area contributed by atoms with Gasteiger partial charge in [-0.25, -0.2) is 5.84 Å². The number of hydrogen-bond acceptors (Lipinski definition) is 7. The Morgan fingerprint density at radius 2 is 2.06 bits per heavy atom. The average molecular weight is 438 g/mol. The lowest BCUT2D eigenvalue weighted by Crippen LogP contribution is -2.41. The molecule has 2 rings (SSSR count). The first-order valence-electron chi connectivity index (χ1n) is 10.7. The number of nitrogens with two attached hydrogens (primary N) is 2. The Balaban J connectivity index is 2.19. The first-order chi connectivity index (χ1) is 15.2. The Morgan fingerprint density at radius 1 is 1.34 bits per heavy atom. The fourth-order valence-corrected chi connectivity index (χ4v) is 3.01. The molecule has 0 fully saturated rings. The number of nitrogens with zero attached hydrogens (tertiary/aromatic N) is 2. The monoisotopic (exact) mass is 437 g/mol. The Morgan fingerprint density at radius 3 is 2.66 bits per heavy atom. The molecule has 0 radical (unpaired) electrons. The summed E-state index contributed by atoms with van der Waals surface area (Å²) < 4.78 is 0. The summed E-state index contributed by atoms with van der Waals surface area (Å²) in [6.07, 6.45) is 13.8. The summed E-state index contributed by atoms with van der Waals surface area (Å²) in [5, 5.41) is 10.4. The lowest BCUT2D eigenvalue weighted by molar-refractivity contribution is -0.117. The van der Waals surface area contributed by atoms with Crippen LogP contribution in [0.1, 0.15) is 41.0 Å². The van der Waals surface area contributed by atoms with E-state index in [1.807, 2.05) is 58.5 Å².